The first-order valence-corrected chi connectivity index (χ1v) is 8.48. The number of hydrogen-bond acceptors (Lipinski definition) is 8. The Labute approximate surface area is 151 Å². The molecule has 0 saturated carbocycles. The third-order valence-electron chi connectivity index (χ3n) is 3.39. The largest absolute Gasteiger partial charge is 0.459 e. The van der Waals surface area contributed by atoms with Crippen molar-refractivity contribution in [3.8, 4) is 11.7 Å². The second-order valence-electron chi connectivity index (χ2n) is 5.42. The molecule has 10 heteroatoms. The van der Waals surface area contributed by atoms with Crippen LogP contribution in [0, 0.1) is 24.0 Å². The van der Waals surface area contributed by atoms with Gasteiger partial charge in [0.1, 0.15) is 5.69 Å². The molecular formula is C16H14N4O5S. The second kappa shape index (κ2) is 7.40. The van der Waals surface area contributed by atoms with Gasteiger partial charge in [0.15, 0.2) is 5.76 Å². The molecule has 0 aliphatic rings. The summed E-state index contributed by atoms with van der Waals surface area (Å²) in [5.41, 5.74) is 1.41. The summed E-state index contributed by atoms with van der Waals surface area (Å²) in [6.07, 6.45) is 1.48. The molecule has 0 fully saturated rings. The van der Waals surface area contributed by atoms with Crippen molar-refractivity contribution in [3.05, 3.63) is 51.8 Å². The number of aromatic nitrogens is 2. The van der Waals surface area contributed by atoms with Crippen LogP contribution >= 0.6 is 11.8 Å². The van der Waals surface area contributed by atoms with Gasteiger partial charge in [0, 0.05) is 6.07 Å². The molecule has 0 spiro atoms. The first-order valence-electron chi connectivity index (χ1n) is 7.49. The smallest absolute Gasteiger partial charge is 0.293 e. The highest BCUT2D eigenvalue weighted by atomic mass is 32.2. The number of carbonyl (C=O) groups is 1. The SMILES string of the molecule is Cc1cc(C)c(NC(=O)CSc2nnc(-c3ccco3)o2)c([N+](=O)[O-])c1. The summed E-state index contributed by atoms with van der Waals surface area (Å²) in [6, 6.07) is 6.55. The summed E-state index contributed by atoms with van der Waals surface area (Å²) in [7, 11) is 0. The molecule has 3 rings (SSSR count). The zero-order valence-corrected chi connectivity index (χ0v) is 14.7. The Morgan fingerprint density at radius 2 is 2.15 bits per heavy atom. The molecule has 0 bridgehead atoms. The highest BCUT2D eigenvalue weighted by molar-refractivity contribution is 7.99. The fourth-order valence-electron chi connectivity index (χ4n) is 2.32. The van der Waals surface area contributed by atoms with Crippen LogP contribution in [0.15, 0.2) is 44.6 Å². The van der Waals surface area contributed by atoms with Gasteiger partial charge in [-0.05, 0) is 37.1 Å². The number of nitro groups is 1. The Hall–Kier alpha value is -3.14. The van der Waals surface area contributed by atoms with Gasteiger partial charge in [-0.3, -0.25) is 14.9 Å². The molecule has 0 aliphatic carbocycles. The fourth-order valence-corrected chi connectivity index (χ4v) is 2.89. The summed E-state index contributed by atoms with van der Waals surface area (Å²) < 4.78 is 10.5. The monoisotopic (exact) mass is 374 g/mol. The highest BCUT2D eigenvalue weighted by Crippen LogP contribution is 2.30. The van der Waals surface area contributed by atoms with Gasteiger partial charge in [-0.25, -0.2) is 0 Å². The van der Waals surface area contributed by atoms with E-state index in [4.69, 9.17) is 8.83 Å². The lowest BCUT2D eigenvalue weighted by Gasteiger charge is -2.09. The number of nitro benzene ring substituents is 1. The van der Waals surface area contributed by atoms with E-state index in [-0.39, 0.29) is 28.2 Å². The molecular weight excluding hydrogens is 360 g/mol. The van der Waals surface area contributed by atoms with Crippen molar-refractivity contribution in [3.63, 3.8) is 0 Å². The van der Waals surface area contributed by atoms with Gasteiger partial charge in [-0.2, -0.15) is 0 Å². The van der Waals surface area contributed by atoms with Crippen molar-refractivity contribution in [1.82, 2.24) is 10.2 Å². The zero-order chi connectivity index (χ0) is 18.7. The molecule has 0 saturated heterocycles. The molecule has 2 heterocycles. The van der Waals surface area contributed by atoms with Crippen LogP contribution in [0.1, 0.15) is 11.1 Å². The van der Waals surface area contributed by atoms with Gasteiger partial charge in [-0.1, -0.05) is 17.8 Å². The van der Waals surface area contributed by atoms with Crippen LogP contribution < -0.4 is 5.32 Å². The summed E-state index contributed by atoms with van der Waals surface area (Å²) in [5.74, 6) is 0.190. The first kappa shape index (κ1) is 17.7. The van der Waals surface area contributed by atoms with Crippen molar-refractivity contribution in [2.24, 2.45) is 0 Å². The predicted octanol–water partition coefficient (Wildman–Crippen LogP) is 3.59. The molecule has 3 aromatic rings. The lowest BCUT2D eigenvalue weighted by atomic mass is 10.1. The highest BCUT2D eigenvalue weighted by Gasteiger charge is 2.20. The first-order chi connectivity index (χ1) is 12.4. The normalized spacial score (nSPS) is 10.7. The van der Waals surface area contributed by atoms with Gasteiger partial charge in [0.05, 0.1) is 16.9 Å². The third kappa shape index (κ3) is 3.91. The number of nitrogens with zero attached hydrogens (tertiary/aromatic N) is 3. The number of amides is 1. The number of rotatable bonds is 6. The molecule has 2 aromatic heterocycles. The second-order valence-corrected chi connectivity index (χ2v) is 6.35. The van der Waals surface area contributed by atoms with Crippen molar-refractivity contribution in [2.75, 3.05) is 11.1 Å². The van der Waals surface area contributed by atoms with Crippen molar-refractivity contribution >= 4 is 29.0 Å². The zero-order valence-electron chi connectivity index (χ0n) is 13.9. The Kier molecular flexibility index (Phi) is 5.03. The molecule has 1 amide bonds. The summed E-state index contributed by atoms with van der Waals surface area (Å²) >= 11 is 1.03. The van der Waals surface area contributed by atoms with E-state index in [1.54, 1.807) is 32.0 Å². The number of hydrogen-bond donors (Lipinski definition) is 1. The number of carbonyl (C=O) groups excluding carboxylic acids is 1. The predicted molar refractivity (Wildman–Crippen MR) is 93.9 cm³/mol. The number of thioether (sulfide) groups is 1. The number of furan rings is 1. The van der Waals surface area contributed by atoms with Crippen LogP contribution in [0.3, 0.4) is 0 Å². The minimum absolute atomic E-state index is 0.0374. The quantitative estimate of drug-likeness (QED) is 0.394. The molecule has 134 valence electrons. The number of aryl methyl sites for hydroxylation is 2. The van der Waals surface area contributed by atoms with E-state index in [2.05, 4.69) is 15.5 Å². The van der Waals surface area contributed by atoms with Crippen molar-refractivity contribution in [2.45, 2.75) is 19.1 Å². The van der Waals surface area contributed by atoms with Gasteiger partial charge in [0.25, 0.3) is 16.8 Å². The maximum absolute atomic E-state index is 12.2. The molecule has 0 atom stereocenters. The van der Waals surface area contributed by atoms with E-state index in [9.17, 15) is 14.9 Å². The molecule has 0 radical (unpaired) electrons. The molecule has 0 unspecified atom stereocenters. The standard InChI is InChI=1S/C16H14N4O5S/c1-9-6-10(2)14(11(7-9)20(22)23)17-13(21)8-26-16-19-18-15(25-16)12-4-3-5-24-12/h3-7H,8H2,1-2H3,(H,17,21). The fraction of sp³-hybridized carbons (Fsp3) is 0.188. The van der Waals surface area contributed by atoms with E-state index in [0.29, 0.717) is 11.3 Å². The summed E-state index contributed by atoms with van der Waals surface area (Å²) in [4.78, 5) is 22.9. The van der Waals surface area contributed by atoms with Crippen LogP contribution in [0.2, 0.25) is 0 Å². The average Bonchev–Trinajstić information content (AvgIpc) is 3.25. The Morgan fingerprint density at radius 1 is 1.35 bits per heavy atom. The van der Waals surface area contributed by atoms with Crippen molar-refractivity contribution in [1.29, 1.82) is 0 Å². The van der Waals surface area contributed by atoms with E-state index < -0.39 is 10.8 Å². The van der Waals surface area contributed by atoms with Gasteiger partial charge in [0.2, 0.25) is 5.91 Å². The minimum atomic E-state index is -0.517. The van der Waals surface area contributed by atoms with Gasteiger partial charge >= 0.3 is 0 Å². The van der Waals surface area contributed by atoms with Crippen LogP contribution in [-0.4, -0.2) is 26.8 Å². The van der Waals surface area contributed by atoms with Crippen LogP contribution in [0.5, 0.6) is 0 Å². The molecule has 0 aliphatic heterocycles. The molecule has 9 nitrogen and oxygen atoms in total. The maximum Gasteiger partial charge on any atom is 0.293 e. The minimum Gasteiger partial charge on any atom is -0.459 e. The summed E-state index contributed by atoms with van der Waals surface area (Å²) in [6.45, 7) is 3.46. The topological polar surface area (TPSA) is 124 Å². The Morgan fingerprint density at radius 3 is 2.85 bits per heavy atom. The number of anilines is 1. The van der Waals surface area contributed by atoms with Crippen LogP contribution in [-0.2, 0) is 4.79 Å². The summed E-state index contributed by atoms with van der Waals surface area (Å²) in [5, 5.41) is 21.6. The van der Waals surface area contributed by atoms with E-state index in [0.717, 1.165) is 17.3 Å². The lowest BCUT2D eigenvalue weighted by Crippen LogP contribution is -2.16. The van der Waals surface area contributed by atoms with E-state index >= 15 is 0 Å². The van der Waals surface area contributed by atoms with Gasteiger partial charge < -0.3 is 14.2 Å². The van der Waals surface area contributed by atoms with Crippen molar-refractivity contribution < 1.29 is 18.6 Å². The van der Waals surface area contributed by atoms with E-state index in [1.165, 1.54) is 12.3 Å². The molecule has 26 heavy (non-hydrogen) atoms. The van der Waals surface area contributed by atoms with Crippen LogP contribution in [0.25, 0.3) is 11.7 Å². The molecule has 1 N–H and O–H groups in total. The van der Waals surface area contributed by atoms with Gasteiger partial charge in [-0.15, -0.1) is 10.2 Å². The Balaban J connectivity index is 1.66. The number of benzene rings is 1. The number of nitrogens with one attached hydrogen (secondary N) is 1. The van der Waals surface area contributed by atoms with E-state index in [1.807, 2.05) is 0 Å². The lowest BCUT2D eigenvalue weighted by molar-refractivity contribution is -0.384. The van der Waals surface area contributed by atoms with Crippen LogP contribution in [0.4, 0.5) is 11.4 Å². The third-order valence-corrected chi connectivity index (χ3v) is 4.20. The Bertz CT molecular complexity index is 952. The molecule has 1 aromatic carbocycles. The average molecular weight is 374 g/mol. The maximum atomic E-state index is 12.2.